The Kier molecular flexibility index (Phi) is 5.51. The summed E-state index contributed by atoms with van der Waals surface area (Å²) in [6.45, 7) is 5.97. The molecule has 2 aromatic rings. The minimum absolute atomic E-state index is 0.172. The zero-order chi connectivity index (χ0) is 15.2. The van der Waals surface area contributed by atoms with Crippen LogP contribution in [0.25, 0.3) is 0 Å². The molecule has 0 amide bonds. The van der Waals surface area contributed by atoms with E-state index in [0.29, 0.717) is 0 Å². The van der Waals surface area contributed by atoms with Gasteiger partial charge < -0.3 is 5.32 Å². The lowest BCUT2D eigenvalue weighted by molar-refractivity contribution is 0.552. The SMILES string of the molecule is CCCNCC(Cc1cc(C)nn1C)c1cccc(F)c1. The molecule has 21 heavy (non-hydrogen) atoms. The number of benzene rings is 1. The van der Waals surface area contributed by atoms with E-state index in [2.05, 4.69) is 23.4 Å². The van der Waals surface area contributed by atoms with E-state index in [1.54, 1.807) is 12.1 Å². The van der Waals surface area contributed by atoms with Gasteiger partial charge in [0.15, 0.2) is 0 Å². The monoisotopic (exact) mass is 289 g/mol. The van der Waals surface area contributed by atoms with Crippen LogP contribution in [0.4, 0.5) is 4.39 Å². The summed E-state index contributed by atoms with van der Waals surface area (Å²) in [6, 6.07) is 9.03. The molecule has 1 heterocycles. The predicted octanol–water partition coefficient (Wildman–Crippen LogP) is 3.19. The minimum Gasteiger partial charge on any atom is -0.316 e. The summed E-state index contributed by atoms with van der Waals surface area (Å²) in [6.07, 6.45) is 1.96. The fourth-order valence-electron chi connectivity index (χ4n) is 2.63. The van der Waals surface area contributed by atoms with Crippen LogP contribution in [0.3, 0.4) is 0 Å². The number of aryl methyl sites for hydroxylation is 2. The largest absolute Gasteiger partial charge is 0.316 e. The highest BCUT2D eigenvalue weighted by molar-refractivity contribution is 5.24. The van der Waals surface area contributed by atoms with Crippen molar-refractivity contribution in [2.75, 3.05) is 13.1 Å². The maximum absolute atomic E-state index is 13.5. The summed E-state index contributed by atoms with van der Waals surface area (Å²) in [5, 5.41) is 7.84. The third-order valence-electron chi connectivity index (χ3n) is 3.69. The average Bonchev–Trinajstić information content (AvgIpc) is 2.76. The second-order valence-corrected chi connectivity index (χ2v) is 5.56. The van der Waals surface area contributed by atoms with Crippen LogP contribution >= 0.6 is 0 Å². The van der Waals surface area contributed by atoms with E-state index >= 15 is 0 Å². The Balaban J connectivity index is 2.17. The topological polar surface area (TPSA) is 29.9 Å². The smallest absolute Gasteiger partial charge is 0.123 e. The van der Waals surface area contributed by atoms with Crippen LogP contribution in [0, 0.1) is 12.7 Å². The van der Waals surface area contributed by atoms with Crippen molar-refractivity contribution in [1.29, 1.82) is 0 Å². The number of hydrogen-bond donors (Lipinski definition) is 1. The van der Waals surface area contributed by atoms with Crippen LogP contribution in [0.15, 0.2) is 30.3 Å². The van der Waals surface area contributed by atoms with E-state index in [9.17, 15) is 4.39 Å². The Morgan fingerprint density at radius 2 is 2.14 bits per heavy atom. The van der Waals surface area contributed by atoms with Gasteiger partial charge in [0.05, 0.1) is 5.69 Å². The number of nitrogens with one attached hydrogen (secondary N) is 1. The Labute approximate surface area is 126 Å². The van der Waals surface area contributed by atoms with Crippen molar-refractivity contribution in [1.82, 2.24) is 15.1 Å². The van der Waals surface area contributed by atoms with Crippen molar-refractivity contribution in [3.05, 3.63) is 53.1 Å². The van der Waals surface area contributed by atoms with Gasteiger partial charge in [0.2, 0.25) is 0 Å². The molecule has 1 N–H and O–H groups in total. The van der Waals surface area contributed by atoms with Gasteiger partial charge in [-0.15, -0.1) is 0 Å². The third kappa shape index (κ3) is 4.39. The second-order valence-electron chi connectivity index (χ2n) is 5.56. The molecule has 0 aliphatic heterocycles. The van der Waals surface area contributed by atoms with Gasteiger partial charge in [-0.25, -0.2) is 4.39 Å². The molecule has 0 saturated heterocycles. The highest BCUT2D eigenvalue weighted by Crippen LogP contribution is 2.21. The highest BCUT2D eigenvalue weighted by Gasteiger charge is 2.15. The molecule has 3 nitrogen and oxygen atoms in total. The van der Waals surface area contributed by atoms with Crippen LogP contribution in [-0.4, -0.2) is 22.9 Å². The summed E-state index contributed by atoms with van der Waals surface area (Å²) in [5.41, 5.74) is 3.24. The van der Waals surface area contributed by atoms with E-state index < -0.39 is 0 Å². The Morgan fingerprint density at radius 3 is 2.76 bits per heavy atom. The van der Waals surface area contributed by atoms with Crippen LogP contribution in [0.2, 0.25) is 0 Å². The number of hydrogen-bond acceptors (Lipinski definition) is 2. The van der Waals surface area contributed by atoms with Crippen molar-refractivity contribution in [2.45, 2.75) is 32.6 Å². The van der Waals surface area contributed by atoms with E-state index in [0.717, 1.165) is 37.2 Å². The molecule has 1 aromatic carbocycles. The van der Waals surface area contributed by atoms with Crippen molar-refractivity contribution < 1.29 is 4.39 Å². The standard InChI is InChI=1S/C17H24FN3/c1-4-8-19-12-15(14-6-5-7-16(18)10-14)11-17-9-13(2)20-21(17)3/h5-7,9-10,15,19H,4,8,11-12H2,1-3H3. The maximum atomic E-state index is 13.5. The molecular weight excluding hydrogens is 265 g/mol. The number of halogens is 1. The van der Waals surface area contributed by atoms with E-state index in [4.69, 9.17) is 0 Å². The van der Waals surface area contributed by atoms with E-state index in [1.807, 2.05) is 24.7 Å². The molecule has 4 heteroatoms. The first-order chi connectivity index (χ1) is 10.1. The number of nitrogens with zero attached hydrogens (tertiary/aromatic N) is 2. The van der Waals surface area contributed by atoms with Gasteiger partial charge in [-0.2, -0.15) is 5.10 Å². The third-order valence-corrected chi connectivity index (χ3v) is 3.69. The summed E-state index contributed by atoms with van der Waals surface area (Å²) in [7, 11) is 1.96. The van der Waals surface area contributed by atoms with Crippen LogP contribution in [0.1, 0.15) is 36.2 Å². The molecule has 114 valence electrons. The summed E-state index contributed by atoms with van der Waals surface area (Å²) >= 11 is 0. The van der Waals surface area contributed by atoms with Crippen molar-refractivity contribution in [2.24, 2.45) is 7.05 Å². The fourth-order valence-corrected chi connectivity index (χ4v) is 2.63. The van der Waals surface area contributed by atoms with Crippen molar-refractivity contribution >= 4 is 0 Å². The molecule has 2 rings (SSSR count). The second kappa shape index (κ2) is 7.36. The average molecular weight is 289 g/mol. The van der Waals surface area contributed by atoms with Gasteiger partial charge in [0.1, 0.15) is 5.82 Å². The van der Waals surface area contributed by atoms with Crippen LogP contribution in [0.5, 0.6) is 0 Å². The molecule has 1 atom stereocenters. The minimum atomic E-state index is -0.172. The number of rotatable bonds is 7. The summed E-state index contributed by atoms with van der Waals surface area (Å²) in [5.74, 6) is 0.0798. The van der Waals surface area contributed by atoms with E-state index in [1.165, 1.54) is 11.8 Å². The Bertz CT molecular complexity index is 577. The van der Waals surface area contributed by atoms with Gasteiger partial charge in [-0.3, -0.25) is 4.68 Å². The lowest BCUT2D eigenvalue weighted by Crippen LogP contribution is -2.24. The zero-order valence-corrected chi connectivity index (χ0v) is 13.1. The number of aromatic nitrogens is 2. The Morgan fingerprint density at radius 1 is 1.33 bits per heavy atom. The maximum Gasteiger partial charge on any atom is 0.123 e. The lowest BCUT2D eigenvalue weighted by Gasteiger charge is -2.18. The van der Waals surface area contributed by atoms with Crippen LogP contribution in [-0.2, 0) is 13.5 Å². The first-order valence-electron chi connectivity index (χ1n) is 7.56. The van der Waals surface area contributed by atoms with Crippen molar-refractivity contribution in [3.63, 3.8) is 0 Å². The Hall–Kier alpha value is -1.68. The molecule has 0 radical (unpaired) electrons. The zero-order valence-electron chi connectivity index (χ0n) is 13.1. The molecular formula is C17H24FN3. The van der Waals surface area contributed by atoms with Gasteiger partial charge in [0.25, 0.3) is 0 Å². The molecule has 0 aliphatic carbocycles. The van der Waals surface area contributed by atoms with E-state index in [-0.39, 0.29) is 11.7 Å². The van der Waals surface area contributed by atoms with Crippen molar-refractivity contribution in [3.8, 4) is 0 Å². The summed E-state index contributed by atoms with van der Waals surface area (Å²) in [4.78, 5) is 0. The molecule has 0 saturated carbocycles. The van der Waals surface area contributed by atoms with Crippen LogP contribution < -0.4 is 5.32 Å². The molecule has 0 fully saturated rings. The molecule has 1 aromatic heterocycles. The quantitative estimate of drug-likeness (QED) is 0.793. The predicted molar refractivity (Wildman–Crippen MR) is 84.0 cm³/mol. The first-order valence-corrected chi connectivity index (χ1v) is 7.56. The molecule has 0 bridgehead atoms. The lowest BCUT2D eigenvalue weighted by atomic mass is 9.93. The molecule has 0 aliphatic rings. The van der Waals surface area contributed by atoms with Gasteiger partial charge in [0, 0.05) is 25.2 Å². The first kappa shape index (κ1) is 15.7. The summed E-state index contributed by atoms with van der Waals surface area (Å²) < 4.78 is 15.4. The fraction of sp³-hybridized carbons (Fsp3) is 0.471. The van der Waals surface area contributed by atoms with Gasteiger partial charge >= 0.3 is 0 Å². The normalized spacial score (nSPS) is 12.6. The molecule has 0 spiro atoms. The van der Waals surface area contributed by atoms with Gasteiger partial charge in [-0.1, -0.05) is 19.1 Å². The molecule has 1 unspecified atom stereocenters. The highest BCUT2D eigenvalue weighted by atomic mass is 19.1. The van der Waals surface area contributed by atoms with Gasteiger partial charge in [-0.05, 0) is 50.1 Å².